The number of hydrogen-bond donors (Lipinski definition) is 0. The maximum Gasteiger partial charge on any atom is 0.151 e. The maximum atomic E-state index is 12.1. The molecule has 0 radical (unpaired) electrons. The van der Waals surface area contributed by atoms with Crippen LogP contribution in [0.4, 0.5) is 0 Å². The first kappa shape index (κ1) is 16.4. The second-order valence-electron chi connectivity index (χ2n) is 4.91. The fourth-order valence-electron chi connectivity index (χ4n) is 1.76. The summed E-state index contributed by atoms with van der Waals surface area (Å²) < 4.78 is 24.1. The van der Waals surface area contributed by atoms with Gasteiger partial charge in [-0.3, -0.25) is 0 Å². The van der Waals surface area contributed by atoms with Gasteiger partial charge >= 0.3 is 0 Å². The third-order valence-electron chi connectivity index (χ3n) is 3.54. The van der Waals surface area contributed by atoms with E-state index in [2.05, 4.69) is 29.8 Å². The average Bonchev–Trinajstić information content (AvgIpc) is 2.25. The Hall–Kier alpha value is 0.430. The second-order valence-corrected chi connectivity index (χ2v) is 7.58. The lowest BCUT2D eigenvalue weighted by Gasteiger charge is -2.29. The summed E-state index contributed by atoms with van der Waals surface area (Å²) in [5, 5.41) is 0.771. The van der Waals surface area contributed by atoms with E-state index in [0.717, 1.165) is 24.6 Å². The van der Waals surface area contributed by atoms with Gasteiger partial charge < -0.3 is 0 Å². The van der Waals surface area contributed by atoms with Gasteiger partial charge in [-0.05, 0) is 24.2 Å². The van der Waals surface area contributed by atoms with E-state index in [1.807, 2.05) is 13.8 Å². The summed E-state index contributed by atoms with van der Waals surface area (Å²) in [5.41, 5.74) is -0.0771. The Kier molecular flexibility index (Phi) is 7.18. The Balaban J connectivity index is 4.67. The molecule has 0 bridgehead atoms. The highest BCUT2D eigenvalue weighted by Gasteiger charge is 2.31. The highest BCUT2D eigenvalue weighted by Crippen LogP contribution is 2.31. The van der Waals surface area contributed by atoms with Crippen LogP contribution in [0.3, 0.4) is 0 Å². The summed E-state index contributed by atoms with van der Waals surface area (Å²) in [6.45, 7) is 8.19. The van der Waals surface area contributed by atoms with Crippen LogP contribution in [0.1, 0.15) is 47.0 Å². The predicted molar refractivity (Wildman–Crippen MR) is 74.9 cm³/mol. The summed E-state index contributed by atoms with van der Waals surface area (Å²) in [6, 6.07) is 0. The van der Waals surface area contributed by atoms with Crippen molar-refractivity contribution >= 4 is 25.8 Å². The molecule has 0 aromatic heterocycles. The van der Waals surface area contributed by atoms with Crippen LogP contribution >= 0.6 is 15.9 Å². The Bertz CT molecular complexity index is 273. The van der Waals surface area contributed by atoms with E-state index in [1.165, 1.54) is 0 Å². The van der Waals surface area contributed by atoms with Crippen molar-refractivity contribution in [2.45, 2.75) is 47.0 Å². The normalized spacial score (nSPS) is 15.1. The number of hydrogen-bond acceptors (Lipinski definition) is 2. The van der Waals surface area contributed by atoms with E-state index in [9.17, 15) is 8.42 Å². The maximum absolute atomic E-state index is 12.1. The van der Waals surface area contributed by atoms with E-state index >= 15 is 0 Å². The molecule has 0 aliphatic carbocycles. The van der Waals surface area contributed by atoms with Gasteiger partial charge in [0.15, 0.2) is 9.84 Å². The van der Waals surface area contributed by atoms with Crippen molar-refractivity contribution in [3.8, 4) is 0 Å². The third-order valence-corrected chi connectivity index (χ3v) is 6.86. The van der Waals surface area contributed by atoms with Gasteiger partial charge in [0.1, 0.15) is 0 Å². The number of sulfone groups is 1. The summed E-state index contributed by atoms with van der Waals surface area (Å²) in [6.07, 6.45) is 2.75. The van der Waals surface area contributed by atoms with E-state index in [-0.39, 0.29) is 11.3 Å². The minimum atomic E-state index is -2.92. The first-order chi connectivity index (χ1) is 7.34. The third kappa shape index (κ3) is 5.17. The fourth-order valence-corrected chi connectivity index (χ4v) is 5.68. The predicted octanol–water partition coefficient (Wildman–Crippen LogP) is 3.65. The monoisotopic (exact) mass is 312 g/mol. The molecular formula is C12H25BrO2S. The number of rotatable bonds is 8. The van der Waals surface area contributed by atoms with Crippen molar-refractivity contribution in [1.82, 2.24) is 0 Å². The molecule has 0 aromatic carbocycles. The molecule has 0 saturated heterocycles. The van der Waals surface area contributed by atoms with Gasteiger partial charge in [-0.1, -0.05) is 50.0 Å². The molecule has 0 spiro atoms. The Morgan fingerprint density at radius 3 is 2.00 bits per heavy atom. The molecular weight excluding hydrogens is 288 g/mol. The van der Waals surface area contributed by atoms with E-state index in [0.29, 0.717) is 11.5 Å². The smallest absolute Gasteiger partial charge is 0.151 e. The zero-order chi connectivity index (χ0) is 12.8. The highest BCUT2D eigenvalue weighted by molar-refractivity contribution is 9.09. The molecule has 1 unspecified atom stereocenters. The lowest BCUT2D eigenvalue weighted by Crippen LogP contribution is -2.33. The largest absolute Gasteiger partial charge is 0.229 e. The minimum absolute atomic E-state index is 0.0771. The number of halogens is 1. The molecule has 0 heterocycles. The van der Waals surface area contributed by atoms with Crippen LogP contribution in [0.5, 0.6) is 0 Å². The Morgan fingerprint density at radius 2 is 1.69 bits per heavy atom. The van der Waals surface area contributed by atoms with Crippen molar-refractivity contribution < 1.29 is 8.42 Å². The molecule has 0 rings (SSSR count). The Labute approximate surface area is 109 Å². The molecule has 0 fully saturated rings. The first-order valence-electron chi connectivity index (χ1n) is 6.11. The van der Waals surface area contributed by atoms with Crippen LogP contribution in [-0.4, -0.2) is 25.3 Å². The molecule has 0 saturated carbocycles. The molecule has 16 heavy (non-hydrogen) atoms. The van der Waals surface area contributed by atoms with E-state index in [1.54, 1.807) is 0 Å². The topological polar surface area (TPSA) is 34.1 Å². The molecule has 1 atom stereocenters. The quantitative estimate of drug-likeness (QED) is 0.641. The summed E-state index contributed by atoms with van der Waals surface area (Å²) in [5.74, 6) is 0.924. The average molecular weight is 313 g/mol. The van der Waals surface area contributed by atoms with Crippen molar-refractivity contribution in [3.05, 3.63) is 0 Å². The van der Waals surface area contributed by atoms with Crippen molar-refractivity contribution in [3.63, 3.8) is 0 Å². The Morgan fingerprint density at radius 1 is 1.19 bits per heavy atom. The summed E-state index contributed by atoms with van der Waals surface area (Å²) in [4.78, 5) is 0. The van der Waals surface area contributed by atoms with Crippen LogP contribution < -0.4 is 0 Å². The molecule has 0 amide bonds. The highest BCUT2D eigenvalue weighted by atomic mass is 79.9. The molecule has 98 valence electrons. The summed E-state index contributed by atoms with van der Waals surface area (Å²) in [7, 11) is -2.92. The lowest BCUT2D eigenvalue weighted by molar-refractivity contribution is 0.350. The van der Waals surface area contributed by atoms with Gasteiger partial charge in [-0.2, -0.15) is 0 Å². The van der Waals surface area contributed by atoms with Crippen LogP contribution in [0.15, 0.2) is 0 Å². The van der Waals surface area contributed by atoms with E-state index < -0.39 is 9.84 Å². The molecule has 0 aromatic rings. The van der Waals surface area contributed by atoms with Gasteiger partial charge in [0.2, 0.25) is 0 Å². The zero-order valence-corrected chi connectivity index (χ0v) is 13.3. The molecule has 0 aliphatic heterocycles. The van der Waals surface area contributed by atoms with Gasteiger partial charge in [-0.15, -0.1) is 0 Å². The van der Waals surface area contributed by atoms with Crippen molar-refractivity contribution in [2.24, 2.45) is 11.3 Å². The van der Waals surface area contributed by atoms with Crippen molar-refractivity contribution in [2.75, 3.05) is 16.8 Å². The van der Waals surface area contributed by atoms with Gasteiger partial charge in [-0.25, -0.2) is 8.42 Å². The fraction of sp³-hybridized carbons (Fsp3) is 1.00. The standard InChI is InChI=1S/C12H25BrO2S/c1-5-11(4)8-16(14,15)10-12(6-2,7-3)9-13/h11H,5-10H2,1-4H3. The zero-order valence-electron chi connectivity index (χ0n) is 10.9. The second kappa shape index (κ2) is 7.00. The molecule has 2 nitrogen and oxygen atoms in total. The lowest BCUT2D eigenvalue weighted by atomic mass is 9.87. The van der Waals surface area contributed by atoms with Crippen LogP contribution in [-0.2, 0) is 9.84 Å². The SMILES string of the molecule is CCC(C)CS(=O)(=O)CC(CC)(CC)CBr. The van der Waals surface area contributed by atoms with Gasteiger partial charge in [0.05, 0.1) is 11.5 Å². The van der Waals surface area contributed by atoms with Crippen LogP contribution in [0, 0.1) is 11.3 Å². The number of alkyl halides is 1. The van der Waals surface area contributed by atoms with Gasteiger partial charge in [0.25, 0.3) is 0 Å². The first-order valence-corrected chi connectivity index (χ1v) is 9.05. The molecule has 4 heteroatoms. The molecule has 0 N–H and O–H groups in total. The van der Waals surface area contributed by atoms with Gasteiger partial charge in [0, 0.05) is 5.33 Å². The van der Waals surface area contributed by atoms with Crippen LogP contribution in [0.2, 0.25) is 0 Å². The molecule has 0 aliphatic rings. The summed E-state index contributed by atoms with van der Waals surface area (Å²) >= 11 is 3.46. The minimum Gasteiger partial charge on any atom is -0.229 e. The van der Waals surface area contributed by atoms with Crippen molar-refractivity contribution in [1.29, 1.82) is 0 Å². The van der Waals surface area contributed by atoms with Crippen LogP contribution in [0.25, 0.3) is 0 Å². The van der Waals surface area contributed by atoms with E-state index in [4.69, 9.17) is 0 Å².